The zero-order valence-electron chi connectivity index (χ0n) is 13.4. The summed E-state index contributed by atoms with van der Waals surface area (Å²) in [5.74, 6) is 1.32. The lowest BCUT2D eigenvalue weighted by atomic mass is 9.91. The second kappa shape index (κ2) is 6.39. The van der Waals surface area contributed by atoms with Crippen molar-refractivity contribution in [1.82, 2.24) is 10.1 Å². The molecule has 0 fully saturated rings. The number of hydrogen-bond acceptors (Lipinski definition) is 4. The minimum atomic E-state index is -0.500. The average Bonchev–Trinajstić information content (AvgIpc) is 2.74. The molecule has 2 unspecified atom stereocenters. The summed E-state index contributed by atoms with van der Waals surface area (Å²) in [6, 6.07) is 6.42. The Labute approximate surface area is 126 Å². The van der Waals surface area contributed by atoms with E-state index in [-0.39, 0.29) is 11.8 Å². The summed E-state index contributed by atoms with van der Waals surface area (Å²) in [5, 5.41) is 13.9. The highest BCUT2D eigenvalue weighted by atomic mass is 16.5. The predicted octanol–water partition coefficient (Wildman–Crippen LogP) is 3.40. The first-order valence-corrected chi connectivity index (χ1v) is 7.44. The van der Waals surface area contributed by atoms with Crippen LogP contribution in [0.1, 0.15) is 55.1 Å². The third kappa shape index (κ3) is 3.91. The van der Waals surface area contributed by atoms with Crippen LogP contribution in [0.25, 0.3) is 0 Å². The first-order chi connectivity index (χ1) is 9.86. The Morgan fingerprint density at radius 3 is 2.24 bits per heavy atom. The lowest BCUT2D eigenvalue weighted by Crippen LogP contribution is -2.20. The van der Waals surface area contributed by atoms with E-state index in [4.69, 9.17) is 4.52 Å². The molecule has 1 heterocycles. The Morgan fingerprint density at radius 2 is 1.71 bits per heavy atom. The van der Waals surface area contributed by atoms with Crippen molar-refractivity contribution in [1.29, 1.82) is 0 Å². The number of aromatic nitrogens is 2. The van der Waals surface area contributed by atoms with E-state index in [1.807, 2.05) is 13.8 Å². The molecule has 0 spiro atoms. The number of rotatable bonds is 5. The molecule has 114 valence electrons. The van der Waals surface area contributed by atoms with E-state index in [0.29, 0.717) is 18.1 Å². The summed E-state index contributed by atoms with van der Waals surface area (Å²) in [6.45, 7) is 10.0. The van der Waals surface area contributed by atoms with Crippen molar-refractivity contribution in [3.63, 3.8) is 0 Å². The van der Waals surface area contributed by atoms with Gasteiger partial charge in [-0.1, -0.05) is 48.3 Å². The van der Waals surface area contributed by atoms with Crippen LogP contribution in [0.3, 0.4) is 0 Å². The highest BCUT2D eigenvalue weighted by Crippen LogP contribution is 2.27. The molecule has 2 atom stereocenters. The molecule has 2 aromatic rings. The zero-order chi connectivity index (χ0) is 15.6. The molecular weight excluding hydrogens is 264 g/mol. The molecule has 1 aromatic heterocycles. The maximum atomic E-state index is 9.88. The van der Waals surface area contributed by atoms with Crippen LogP contribution in [0.2, 0.25) is 0 Å². The van der Waals surface area contributed by atoms with E-state index >= 15 is 0 Å². The highest BCUT2D eigenvalue weighted by Gasteiger charge is 2.27. The molecule has 0 aliphatic carbocycles. The van der Waals surface area contributed by atoms with Crippen molar-refractivity contribution in [2.75, 3.05) is 0 Å². The minimum Gasteiger partial charge on any atom is -0.393 e. The zero-order valence-corrected chi connectivity index (χ0v) is 13.4. The summed E-state index contributed by atoms with van der Waals surface area (Å²) in [6.07, 6.45) is 0.149. The molecule has 1 aromatic carbocycles. The fourth-order valence-electron chi connectivity index (χ4n) is 2.88. The molecule has 21 heavy (non-hydrogen) atoms. The second-order valence-corrected chi connectivity index (χ2v) is 6.23. The lowest BCUT2D eigenvalue weighted by Gasteiger charge is -2.19. The van der Waals surface area contributed by atoms with Gasteiger partial charge in [0.1, 0.15) is 0 Å². The minimum absolute atomic E-state index is 0.120. The van der Waals surface area contributed by atoms with Crippen LogP contribution in [0.15, 0.2) is 22.7 Å². The van der Waals surface area contributed by atoms with Crippen molar-refractivity contribution in [2.24, 2.45) is 5.92 Å². The smallest absolute Gasteiger partial charge is 0.232 e. The van der Waals surface area contributed by atoms with Gasteiger partial charge in [-0.25, -0.2) is 0 Å². The molecule has 0 saturated carbocycles. The summed E-state index contributed by atoms with van der Waals surface area (Å²) in [4.78, 5) is 4.47. The molecule has 0 saturated heterocycles. The predicted molar refractivity (Wildman–Crippen MR) is 82.3 cm³/mol. The van der Waals surface area contributed by atoms with Crippen molar-refractivity contribution in [3.8, 4) is 0 Å². The molecule has 0 aliphatic rings. The van der Waals surface area contributed by atoms with Gasteiger partial charge in [0, 0.05) is 6.42 Å². The van der Waals surface area contributed by atoms with Crippen molar-refractivity contribution < 1.29 is 9.63 Å². The fraction of sp³-hybridized carbons (Fsp3) is 0.529. The normalized spacial score (nSPS) is 14.4. The Bertz CT molecular complexity index is 574. The van der Waals surface area contributed by atoms with Gasteiger partial charge in [-0.2, -0.15) is 4.98 Å². The highest BCUT2D eigenvalue weighted by molar-refractivity contribution is 5.30. The first kappa shape index (κ1) is 15.7. The van der Waals surface area contributed by atoms with Gasteiger partial charge >= 0.3 is 0 Å². The number of aliphatic hydroxyl groups excluding tert-OH is 1. The van der Waals surface area contributed by atoms with Gasteiger partial charge in [-0.05, 0) is 32.3 Å². The fourth-order valence-corrected chi connectivity index (χ4v) is 2.88. The van der Waals surface area contributed by atoms with Gasteiger partial charge in [-0.15, -0.1) is 0 Å². The van der Waals surface area contributed by atoms with Crippen LogP contribution >= 0.6 is 0 Å². The maximum Gasteiger partial charge on any atom is 0.232 e. The SMILES string of the molecule is Cc1cc(C)cc(Cc2noc(C(C(C)C)C(C)O)n2)c1. The van der Waals surface area contributed by atoms with E-state index in [0.717, 1.165) is 0 Å². The third-order valence-electron chi connectivity index (χ3n) is 3.65. The molecule has 0 radical (unpaired) electrons. The van der Waals surface area contributed by atoms with Gasteiger partial charge in [0.15, 0.2) is 5.82 Å². The van der Waals surface area contributed by atoms with Crippen LogP contribution < -0.4 is 0 Å². The van der Waals surface area contributed by atoms with Gasteiger partial charge in [0.25, 0.3) is 0 Å². The largest absolute Gasteiger partial charge is 0.393 e. The molecule has 0 aliphatic heterocycles. The van der Waals surface area contributed by atoms with E-state index < -0.39 is 6.10 Å². The molecule has 0 amide bonds. The van der Waals surface area contributed by atoms with E-state index in [9.17, 15) is 5.11 Å². The quantitative estimate of drug-likeness (QED) is 0.916. The average molecular weight is 288 g/mol. The summed E-state index contributed by atoms with van der Waals surface area (Å²) < 4.78 is 5.36. The van der Waals surface area contributed by atoms with Gasteiger partial charge < -0.3 is 9.63 Å². The number of benzene rings is 1. The molecule has 4 nitrogen and oxygen atoms in total. The van der Waals surface area contributed by atoms with Crippen LogP contribution in [0.5, 0.6) is 0 Å². The second-order valence-electron chi connectivity index (χ2n) is 6.23. The summed E-state index contributed by atoms with van der Waals surface area (Å²) in [7, 11) is 0. The number of aliphatic hydroxyl groups is 1. The first-order valence-electron chi connectivity index (χ1n) is 7.44. The standard InChI is InChI=1S/C17H24N2O2/c1-10(2)16(13(5)20)17-18-15(19-21-17)9-14-7-11(3)6-12(4)8-14/h6-8,10,13,16,20H,9H2,1-5H3. The third-order valence-corrected chi connectivity index (χ3v) is 3.65. The van der Waals surface area contributed by atoms with E-state index in [1.54, 1.807) is 6.92 Å². The number of aryl methyl sites for hydroxylation is 2. The Kier molecular flexibility index (Phi) is 4.78. The summed E-state index contributed by atoms with van der Waals surface area (Å²) >= 11 is 0. The summed E-state index contributed by atoms with van der Waals surface area (Å²) in [5.41, 5.74) is 3.65. The van der Waals surface area contributed by atoms with Crippen molar-refractivity contribution in [2.45, 2.75) is 53.1 Å². The van der Waals surface area contributed by atoms with Gasteiger partial charge in [0.2, 0.25) is 5.89 Å². The number of hydrogen-bond donors (Lipinski definition) is 1. The van der Waals surface area contributed by atoms with E-state index in [2.05, 4.69) is 42.2 Å². The molecule has 0 bridgehead atoms. The number of nitrogens with zero attached hydrogens (tertiary/aromatic N) is 2. The Hall–Kier alpha value is -1.68. The van der Waals surface area contributed by atoms with Crippen molar-refractivity contribution >= 4 is 0 Å². The van der Waals surface area contributed by atoms with Gasteiger partial charge in [-0.3, -0.25) is 0 Å². The topological polar surface area (TPSA) is 59.2 Å². The van der Waals surface area contributed by atoms with Crippen LogP contribution in [0, 0.1) is 19.8 Å². The molecule has 1 N–H and O–H groups in total. The van der Waals surface area contributed by atoms with Crippen LogP contribution in [0.4, 0.5) is 0 Å². The molecular formula is C17H24N2O2. The lowest BCUT2D eigenvalue weighted by molar-refractivity contribution is 0.120. The Morgan fingerprint density at radius 1 is 1.10 bits per heavy atom. The van der Waals surface area contributed by atoms with Gasteiger partial charge in [0.05, 0.1) is 12.0 Å². The molecule has 4 heteroatoms. The monoisotopic (exact) mass is 288 g/mol. The maximum absolute atomic E-state index is 9.88. The molecule has 2 rings (SSSR count). The Balaban J connectivity index is 2.19. The van der Waals surface area contributed by atoms with Crippen LogP contribution in [-0.2, 0) is 6.42 Å². The van der Waals surface area contributed by atoms with E-state index in [1.165, 1.54) is 16.7 Å². The van der Waals surface area contributed by atoms with Crippen molar-refractivity contribution in [3.05, 3.63) is 46.6 Å². The van der Waals surface area contributed by atoms with Crippen LogP contribution in [-0.4, -0.2) is 21.4 Å².